The Morgan fingerprint density at radius 3 is 2.55 bits per heavy atom. The molecule has 0 bridgehead atoms. The number of hydrogen-bond donors (Lipinski definition) is 2. The molecule has 0 saturated heterocycles. The molecule has 0 aromatic heterocycles. The Hall–Kier alpha value is -1.45. The van der Waals surface area contributed by atoms with Gasteiger partial charge in [0.1, 0.15) is 7.85 Å². The molecule has 56 valence electrons. The van der Waals surface area contributed by atoms with Crippen molar-refractivity contribution in [3.05, 3.63) is 23.8 Å². The zero-order chi connectivity index (χ0) is 8.43. The van der Waals surface area contributed by atoms with Crippen LogP contribution in [0.2, 0.25) is 0 Å². The van der Waals surface area contributed by atoms with E-state index in [1.165, 1.54) is 6.07 Å². The molecule has 3 nitrogen and oxygen atoms in total. The van der Waals surface area contributed by atoms with Crippen LogP contribution in [0.4, 0.5) is 5.69 Å². The van der Waals surface area contributed by atoms with Crippen molar-refractivity contribution in [2.24, 2.45) is 0 Å². The van der Waals surface area contributed by atoms with E-state index in [4.69, 9.17) is 10.8 Å². The molecular weight excluding hydrogens is 141 g/mol. The second kappa shape index (κ2) is 2.66. The molecule has 0 amide bonds. The number of carboxylic acid groups (broad SMARTS) is 1. The molecule has 11 heavy (non-hydrogen) atoms. The van der Waals surface area contributed by atoms with Crippen molar-refractivity contribution >= 4 is 25.0 Å². The third-order valence-electron chi connectivity index (χ3n) is 1.35. The van der Waals surface area contributed by atoms with Crippen LogP contribution in [0.5, 0.6) is 0 Å². The van der Waals surface area contributed by atoms with Crippen molar-refractivity contribution in [1.82, 2.24) is 0 Å². The van der Waals surface area contributed by atoms with Crippen LogP contribution in [0.15, 0.2) is 18.2 Å². The molecule has 0 radical (unpaired) electrons. The summed E-state index contributed by atoms with van der Waals surface area (Å²) >= 11 is 0. The summed E-state index contributed by atoms with van der Waals surface area (Å²) in [5.74, 6) is -0.944. The Balaban J connectivity index is 3.19. The molecule has 0 aliphatic rings. The van der Waals surface area contributed by atoms with Gasteiger partial charge in [-0.25, -0.2) is 4.79 Å². The minimum atomic E-state index is -0.944. The highest BCUT2D eigenvalue weighted by Gasteiger charge is 2.02. The van der Waals surface area contributed by atoms with Crippen LogP contribution in [0.25, 0.3) is 0 Å². The highest BCUT2D eigenvalue weighted by molar-refractivity contribution is 6.33. The van der Waals surface area contributed by atoms with Gasteiger partial charge in [0.25, 0.3) is 0 Å². The summed E-state index contributed by atoms with van der Waals surface area (Å²) in [4.78, 5) is 10.4. The number of rotatable bonds is 1. The van der Waals surface area contributed by atoms with E-state index >= 15 is 0 Å². The zero-order valence-corrected chi connectivity index (χ0v) is 6.16. The second-order valence-electron chi connectivity index (χ2n) is 2.44. The van der Waals surface area contributed by atoms with Gasteiger partial charge in [0.2, 0.25) is 0 Å². The summed E-state index contributed by atoms with van der Waals surface area (Å²) in [7, 11) is 1.81. The predicted octanol–water partition coefficient (Wildman–Crippen LogP) is -0.775. The molecule has 4 heteroatoms. The first-order chi connectivity index (χ1) is 5.09. The normalized spacial score (nSPS) is 9.45. The van der Waals surface area contributed by atoms with E-state index in [0.717, 1.165) is 5.46 Å². The van der Waals surface area contributed by atoms with E-state index in [1.807, 2.05) is 7.85 Å². The Morgan fingerprint density at radius 1 is 1.45 bits per heavy atom. The molecule has 0 heterocycles. The number of nitrogens with two attached hydrogens (primary N) is 1. The lowest BCUT2D eigenvalue weighted by Gasteiger charge is -1.98. The van der Waals surface area contributed by atoms with Crippen LogP contribution < -0.4 is 11.2 Å². The Kier molecular flexibility index (Phi) is 1.85. The summed E-state index contributed by atoms with van der Waals surface area (Å²) < 4.78 is 0. The minimum absolute atomic E-state index is 0.238. The number of carboxylic acids is 1. The summed E-state index contributed by atoms with van der Waals surface area (Å²) in [5, 5.41) is 8.58. The molecule has 0 saturated carbocycles. The SMILES string of the molecule is Bc1cc(N)cc(C(=O)O)c1. The molecule has 0 atom stereocenters. The molecular formula is C7H8BNO2. The van der Waals surface area contributed by atoms with Crippen molar-refractivity contribution < 1.29 is 9.90 Å². The van der Waals surface area contributed by atoms with Gasteiger partial charge in [-0.2, -0.15) is 0 Å². The number of aromatic carboxylic acids is 1. The smallest absolute Gasteiger partial charge is 0.335 e. The maximum atomic E-state index is 10.4. The van der Waals surface area contributed by atoms with E-state index in [-0.39, 0.29) is 5.56 Å². The lowest BCUT2D eigenvalue weighted by molar-refractivity contribution is 0.0697. The fourth-order valence-corrected chi connectivity index (χ4v) is 0.936. The Morgan fingerprint density at radius 2 is 2.09 bits per heavy atom. The lowest BCUT2D eigenvalue weighted by Crippen LogP contribution is -2.08. The van der Waals surface area contributed by atoms with E-state index in [0.29, 0.717) is 5.69 Å². The number of hydrogen-bond acceptors (Lipinski definition) is 2. The standard InChI is InChI=1S/C7H8BNO2/c8-5-1-4(7(10)11)2-6(9)3-5/h1-3H,8-9H2,(H,10,11). The second-order valence-corrected chi connectivity index (χ2v) is 2.44. The average molecular weight is 149 g/mol. The van der Waals surface area contributed by atoms with Crippen LogP contribution in [0.3, 0.4) is 0 Å². The Bertz CT molecular complexity index is 278. The van der Waals surface area contributed by atoms with Gasteiger partial charge in [-0.3, -0.25) is 0 Å². The maximum absolute atomic E-state index is 10.4. The van der Waals surface area contributed by atoms with E-state index in [1.54, 1.807) is 12.1 Å². The zero-order valence-electron chi connectivity index (χ0n) is 6.16. The molecule has 3 N–H and O–H groups in total. The summed E-state index contributed by atoms with van der Waals surface area (Å²) in [6.45, 7) is 0. The van der Waals surface area contributed by atoms with Gasteiger partial charge in [-0.15, -0.1) is 0 Å². The highest BCUT2D eigenvalue weighted by Crippen LogP contribution is 2.03. The first kappa shape index (κ1) is 7.66. The van der Waals surface area contributed by atoms with Crippen molar-refractivity contribution in [3.63, 3.8) is 0 Å². The van der Waals surface area contributed by atoms with E-state index in [9.17, 15) is 4.79 Å². The molecule has 0 unspecified atom stereocenters. The molecule has 0 spiro atoms. The summed E-state index contributed by atoms with van der Waals surface area (Å²) in [5.41, 5.74) is 7.02. The fourth-order valence-electron chi connectivity index (χ4n) is 0.936. The third-order valence-corrected chi connectivity index (χ3v) is 1.35. The van der Waals surface area contributed by atoms with Crippen molar-refractivity contribution in [2.75, 3.05) is 5.73 Å². The van der Waals surface area contributed by atoms with E-state index in [2.05, 4.69) is 0 Å². The van der Waals surface area contributed by atoms with Gasteiger partial charge < -0.3 is 10.8 Å². The largest absolute Gasteiger partial charge is 0.478 e. The van der Waals surface area contributed by atoms with Crippen LogP contribution >= 0.6 is 0 Å². The predicted molar refractivity (Wildman–Crippen MR) is 46.0 cm³/mol. The molecule has 0 aliphatic carbocycles. The maximum Gasteiger partial charge on any atom is 0.335 e. The highest BCUT2D eigenvalue weighted by atomic mass is 16.4. The van der Waals surface area contributed by atoms with Crippen LogP contribution in [0, 0.1) is 0 Å². The monoisotopic (exact) mass is 149 g/mol. The topological polar surface area (TPSA) is 63.3 Å². The van der Waals surface area contributed by atoms with Crippen LogP contribution in [0.1, 0.15) is 10.4 Å². The summed E-state index contributed by atoms with van der Waals surface area (Å²) in [6, 6.07) is 4.75. The lowest BCUT2D eigenvalue weighted by atomic mass is 9.94. The molecule has 1 rings (SSSR count). The number of anilines is 1. The van der Waals surface area contributed by atoms with Gasteiger partial charge >= 0.3 is 5.97 Å². The molecule has 1 aromatic carbocycles. The average Bonchev–Trinajstić information content (AvgIpc) is 1.85. The quantitative estimate of drug-likeness (QED) is 0.406. The number of carbonyl (C=O) groups is 1. The van der Waals surface area contributed by atoms with Gasteiger partial charge in [0, 0.05) is 5.69 Å². The molecule has 0 aliphatic heterocycles. The molecule has 0 fully saturated rings. The van der Waals surface area contributed by atoms with Crippen LogP contribution in [-0.4, -0.2) is 18.9 Å². The third kappa shape index (κ3) is 1.74. The molecule has 1 aromatic rings. The minimum Gasteiger partial charge on any atom is -0.478 e. The number of nitrogen functional groups attached to an aromatic ring is 1. The van der Waals surface area contributed by atoms with Gasteiger partial charge in [0.15, 0.2) is 0 Å². The van der Waals surface area contributed by atoms with Crippen molar-refractivity contribution in [2.45, 2.75) is 0 Å². The summed E-state index contributed by atoms with van der Waals surface area (Å²) in [6.07, 6.45) is 0. The Labute approximate surface area is 65.2 Å². The fraction of sp³-hybridized carbons (Fsp3) is 0. The van der Waals surface area contributed by atoms with Gasteiger partial charge in [-0.1, -0.05) is 11.5 Å². The number of benzene rings is 1. The first-order valence-corrected chi connectivity index (χ1v) is 3.20. The van der Waals surface area contributed by atoms with Crippen molar-refractivity contribution in [1.29, 1.82) is 0 Å². The van der Waals surface area contributed by atoms with Gasteiger partial charge in [-0.05, 0) is 12.1 Å². The van der Waals surface area contributed by atoms with Gasteiger partial charge in [0.05, 0.1) is 5.56 Å². The first-order valence-electron chi connectivity index (χ1n) is 3.20. The van der Waals surface area contributed by atoms with Crippen LogP contribution in [-0.2, 0) is 0 Å². The van der Waals surface area contributed by atoms with E-state index < -0.39 is 5.97 Å². The van der Waals surface area contributed by atoms with Crippen molar-refractivity contribution in [3.8, 4) is 0 Å².